The number of nitrogens with one attached hydrogen (secondary N) is 2. The van der Waals surface area contributed by atoms with Crippen LogP contribution >= 0.6 is 0 Å². The van der Waals surface area contributed by atoms with Crippen molar-refractivity contribution in [3.8, 4) is 11.5 Å². The van der Waals surface area contributed by atoms with Crippen molar-refractivity contribution in [3.63, 3.8) is 0 Å². The lowest BCUT2D eigenvalue weighted by Crippen LogP contribution is -2.73. The highest BCUT2D eigenvalue weighted by atomic mass is 16.5. The van der Waals surface area contributed by atoms with Crippen molar-refractivity contribution in [1.82, 2.24) is 15.1 Å². The van der Waals surface area contributed by atoms with E-state index in [0.29, 0.717) is 30.2 Å². The molecule has 2 bridgehead atoms. The van der Waals surface area contributed by atoms with Crippen molar-refractivity contribution in [2.75, 3.05) is 18.4 Å². The van der Waals surface area contributed by atoms with Crippen LogP contribution in [-0.4, -0.2) is 67.2 Å². The molecule has 2 aromatic carbocycles. The van der Waals surface area contributed by atoms with Crippen LogP contribution in [-0.2, 0) is 16.6 Å². The van der Waals surface area contributed by atoms with Gasteiger partial charge < -0.3 is 25.4 Å². The van der Waals surface area contributed by atoms with E-state index in [2.05, 4.69) is 20.4 Å². The summed E-state index contributed by atoms with van der Waals surface area (Å²) in [7, 11) is 0. The summed E-state index contributed by atoms with van der Waals surface area (Å²) in [6, 6.07) is 8.77. The number of likely N-dealkylation sites (tertiary alicyclic amines) is 1. The van der Waals surface area contributed by atoms with Crippen molar-refractivity contribution in [2.45, 2.75) is 62.7 Å². The summed E-state index contributed by atoms with van der Waals surface area (Å²) in [5, 5.41) is 45.3. The normalized spacial score (nSPS) is 30.5. The molecule has 3 heterocycles. The first-order valence-corrected chi connectivity index (χ1v) is 13.3. The molecular weight excluding hydrogens is 484 g/mol. The van der Waals surface area contributed by atoms with Crippen LogP contribution in [0.5, 0.6) is 11.5 Å². The van der Waals surface area contributed by atoms with Crippen LogP contribution in [0.1, 0.15) is 44.2 Å². The van der Waals surface area contributed by atoms with Gasteiger partial charge in [0, 0.05) is 29.2 Å². The Labute approximate surface area is 220 Å². The topological polar surface area (TPSA) is 131 Å². The maximum Gasteiger partial charge on any atom is 0.254 e. The van der Waals surface area contributed by atoms with E-state index in [1.807, 2.05) is 19.1 Å². The number of carbonyl (C=O) groups excluding carboxylic acids is 1. The number of aliphatic hydroxyl groups excluding tert-OH is 1. The minimum atomic E-state index is -1.26. The molecule has 1 spiro atoms. The van der Waals surface area contributed by atoms with E-state index in [0.717, 1.165) is 35.1 Å². The second kappa shape index (κ2) is 7.97. The van der Waals surface area contributed by atoms with E-state index >= 15 is 0 Å². The molecule has 198 valence electrons. The molecule has 3 aromatic rings. The second-order valence-corrected chi connectivity index (χ2v) is 11.6. The average Bonchev–Trinajstić information content (AvgIpc) is 3.45. The highest BCUT2D eigenvalue weighted by Gasteiger charge is 2.69. The molecule has 1 aromatic heterocycles. The van der Waals surface area contributed by atoms with Crippen molar-refractivity contribution < 1.29 is 24.9 Å². The monoisotopic (exact) mass is 516 g/mol. The van der Waals surface area contributed by atoms with Crippen LogP contribution < -0.4 is 10.1 Å². The number of fused-ring (bicyclic) bond motifs is 2. The quantitative estimate of drug-likeness (QED) is 0.259. The summed E-state index contributed by atoms with van der Waals surface area (Å²) < 4.78 is 6.30. The fourth-order valence-electron chi connectivity index (χ4n) is 7.13. The van der Waals surface area contributed by atoms with E-state index in [9.17, 15) is 20.1 Å². The molecule has 0 unspecified atom stereocenters. The Morgan fingerprint density at radius 3 is 2.89 bits per heavy atom. The molecule has 2 aliphatic carbocycles. The van der Waals surface area contributed by atoms with Crippen molar-refractivity contribution >= 4 is 22.5 Å². The number of piperidine rings is 1. The summed E-state index contributed by atoms with van der Waals surface area (Å²) in [4.78, 5) is 15.7. The lowest BCUT2D eigenvalue weighted by molar-refractivity contribution is -0.153. The largest absolute Gasteiger partial charge is 0.508 e. The number of H-pyrrole nitrogens is 1. The molecule has 2 fully saturated rings. The summed E-state index contributed by atoms with van der Waals surface area (Å²) in [5.74, 6) is 0.241. The van der Waals surface area contributed by atoms with Gasteiger partial charge in [-0.25, -0.2) is 0 Å². The Hall–Kier alpha value is -3.56. The third-order valence-corrected chi connectivity index (χ3v) is 9.41. The molecule has 38 heavy (non-hydrogen) atoms. The van der Waals surface area contributed by atoms with Gasteiger partial charge in [-0.1, -0.05) is 6.07 Å². The van der Waals surface area contributed by atoms with Crippen LogP contribution in [0.3, 0.4) is 0 Å². The number of nitrogens with zero attached hydrogens (tertiary/aromatic N) is 2. The van der Waals surface area contributed by atoms with Crippen molar-refractivity contribution in [3.05, 3.63) is 59.0 Å². The number of amides is 1. The maximum absolute atomic E-state index is 13.3. The van der Waals surface area contributed by atoms with E-state index < -0.39 is 23.0 Å². The minimum absolute atomic E-state index is 0.0250. The van der Waals surface area contributed by atoms with E-state index in [1.165, 1.54) is 12.8 Å². The highest BCUT2D eigenvalue weighted by molar-refractivity contribution is 6.04. The second-order valence-electron chi connectivity index (χ2n) is 11.6. The van der Waals surface area contributed by atoms with Crippen molar-refractivity contribution in [2.24, 2.45) is 5.92 Å². The molecule has 1 saturated heterocycles. The summed E-state index contributed by atoms with van der Waals surface area (Å²) in [5.41, 5.74) is 0.964. The lowest BCUT2D eigenvalue weighted by atomic mass is 9.53. The molecule has 2 aliphatic heterocycles. The molecular formula is C29H32N4O5. The van der Waals surface area contributed by atoms with E-state index in [-0.39, 0.29) is 23.1 Å². The average molecular weight is 517 g/mol. The Bertz CT molecular complexity index is 1510. The molecule has 0 radical (unpaired) electrons. The van der Waals surface area contributed by atoms with E-state index in [4.69, 9.17) is 4.74 Å². The van der Waals surface area contributed by atoms with Crippen LogP contribution in [0.4, 0.5) is 5.69 Å². The molecule has 7 rings (SSSR count). The smallest absolute Gasteiger partial charge is 0.254 e. The summed E-state index contributed by atoms with van der Waals surface area (Å²) in [6.07, 6.45) is 4.32. The number of phenolic OH excluding ortho intramolecular Hbond substituents is 1. The van der Waals surface area contributed by atoms with Gasteiger partial charge in [0.15, 0.2) is 17.6 Å². The zero-order valence-electron chi connectivity index (χ0n) is 21.5. The van der Waals surface area contributed by atoms with E-state index in [1.54, 1.807) is 31.3 Å². The zero-order valence-corrected chi connectivity index (χ0v) is 21.5. The Balaban J connectivity index is 1.28. The molecule has 1 amide bonds. The number of hydrogen-bond donors (Lipinski definition) is 5. The van der Waals surface area contributed by atoms with Gasteiger partial charge >= 0.3 is 0 Å². The first kappa shape index (κ1) is 23.5. The Morgan fingerprint density at radius 2 is 2.11 bits per heavy atom. The number of phenols is 1. The number of aliphatic hydroxyl groups is 2. The van der Waals surface area contributed by atoms with Gasteiger partial charge in [0.05, 0.1) is 28.3 Å². The van der Waals surface area contributed by atoms with Gasteiger partial charge in [0.25, 0.3) is 5.91 Å². The third kappa shape index (κ3) is 3.18. The summed E-state index contributed by atoms with van der Waals surface area (Å²) >= 11 is 0. The maximum atomic E-state index is 13.3. The molecule has 5 N–H and O–H groups in total. The Kier molecular flexibility index (Phi) is 4.94. The molecule has 9 nitrogen and oxygen atoms in total. The van der Waals surface area contributed by atoms with Crippen LogP contribution in [0.2, 0.25) is 0 Å². The number of ether oxygens (including phenoxy) is 1. The molecule has 1 saturated carbocycles. The fourth-order valence-corrected chi connectivity index (χ4v) is 7.13. The highest BCUT2D eigenvalue weighted by Crippen LogP contribution is 2.63. The third-order valence-electron chi connectivity index (χ3n) is 9.41. The predicted molar refractivity (Wildman–Crippen MR) is 141 cm³/mol. The first-order chi connectivity index (χ1) is 18.2. The van der Waals surface area contributed by atoms with Crippen LogP contribution in [0.25, 0.3) is 10.9 Å². The standard InChI is InChI=1S/C29H32N4O5/c1-15(27(36)31-19-7-5-18-13-30-32-20(18)12-19)24(35)26-29-9-10-33(14-16-3-4-16)22(28(29,2)37)11-17-6-8-21(34)25(38-26)23(17)29/h5-8,12-13,16,22,26,34-35,37H,3-4,9-11,14H2,1-2H3,(H,30,32)(H,31,36)/b24-15-/t22-,26+,28-,29+/m1/s1. The number of aromatic amines is 1. The minimum Gasteiger partial charge on any atom is -0.508 e. The number of carbonyl (C=O) groups is 1. The lowest BCUT2D eigenvalue weighted by Gasteiger charge is -2.59. The predicted octanol–water partition coefficient (Wildman–Crippen LogP) is 3.53. The number of rotatable bonds is 5. The number of benzene rings is 2. The SMILES string of the molecule is C/C(C(=O)Nc1ccc2cn[nH]c2c1)=C(/O)[C@@H]1Oc2c(O)ccc3c2[C@@]12CCN(CC1CC1)[C@H](C3)[C@@]2(C)O. The van der Waals surface area contributed by atoms with Crippen molar-refractivity contribution in [1.29, 1.82) is 0 Å². The Morgan fingerprint density at radius 1 is 1.29 bits per heavy atom. The number of aromatic hydroxyl groups is 1. The fraction of sp³-hybridized carbons (Fsp3) is 0.448. The van der Waals surface area contributed by atoms with Gasteiger partial charge in [-0.2, -0.15) is 5.10 Å². The van der Waals surface area contributed by atoms with Crippen LogP contribution in [0, 0.1) is 5.92 Å². The summed E-state index contributed by atoms with van der Waals surface area (Å²) in [6.45, 7) is 5.08. The number of aromatic nitrogens is 2. The van der Waals surface area contributed by atoms with Crippen LogP contribution in [0.15, 0.2) is 47.9 Å². The first-order valence-electron chi connectivity index (χ1n) is 13.3. The van der Waals surface area contributed by atoms with Gasteiger partial charge in [0.2, 0.25) is 0 Å². The van der Waals surface area contributed by atoms with Gasteiger partial charge in [-0.3, -0.25) is 14.8 Å². The number of hydrogen-bond acceptors (Lipinski definition) is 7. The van der Waals surface area contributed by atoms with Gasteiger partial charge in [0.1, 0.15) is 5.76 Å². The van der Waals surface area contributed by atoms with Gasteiger partial charge in [-0.15, -0.1) is 0 Å². The number of anilines is 1. The molecule has 4 atom stereocenters. The van der Waals surface area contributed by atoms with Gasteiger partial charge in [-0.05, 0) is 81.8 Å². The zero-order chi connectivity index (χ0) is 26.4. The molecule has 9 heteroatoms. The molecule has 4 aliphatic rings.